The van der Waals surface area contributed by atoms with E-state index in [9.17, 15) is 18.9 Å². The van der Waals surface area contributed by atoms with Gasteiger partial charge in [-0.1, -0.05) is 12.1 Å². The Labute approximate surface area is 120 Å². The maximum absolute atomic E-state index is 13.3. The normalized spacial score (nSPS) is 12.1. The molecule has 0 bridgehead atoms. The highest BCUT2D eigenvalue weighted by molar-refractivity contribution is 5.35. The molecule has 6 heteroatoms. The predicted molar refractivity (Wildman–Crippen MR) is 74.7 cm³/mol. The Morgan fingerprint density at radius 2 is 1.95 bits per heavy atom. The molecule has 2 rings (SSSR count). The van der Waals surface area contributed by atoms with Gasteiger partial charge in [0, 0.05) is 18.7 Å². The summed E-state index contributed by atoms with van der Waals surface area (Å²) in [7, 11) is 0. The topological polar surface area (TPSA) is 55.2 Å². The van der Waals surface area contributed by atoms with Crippen molar-refractivity contribution in [3.8, 4) is 0 Å². The van der Waals surface area contributed by atoms with Crippen molar-refractivity contribution in [3.05, 3.63) is 75.3 Å². The molecule has 0 aliphatic heterocycles. The Balaban J connectivity index is 2.07. The highest BCUT2D eigenvalue weighted by Gasteiger charge is 2.11. The monoisotopic (exact) mass is 292 g/mol. The van der Waals surface area contributed by atoms with Gasteiger partial charge in [-0.25, -0.2) is 8.78 Å². The van der Waals surface area contributed by atoms with Crippen LogP contribution < -0.4 is 5.32 Å². The molecule has 21 heavy (non-hydrogen) atoms. The largest absolute Gasteiger partial charge is 0.306 e. The molecule has 4 nitrogen and oxygen atoms in total. The second-order valence-corrected chi connectivity index (χ2v) is 4.73. The Hall–Kier alpha value is -2.34. The summed E-state index contributed by atoms with van der Waals surface area (Å²) in [5.41, 5.74) is 0.927. The summed E-state index contributed by atoms with van der Waals surface area (Å²) in [6.45, 7) is 2.08. The zero-order valence-corrected chi connectivity index (χ0v) is 11.3. The lowest BCUT2D eigenvalue weighted by atomic mass is 10.1. The number of nitrogens with zero attached hydrogens (tertiary/aromatic N) is 1. The van der Waals surface area contributed by atoms with E-state index in [4.69, 9.17) is 0 Å². The van der Waals surface area contributed by atoms with Crippen LogP contribution in [0.2, 0.25) is 0 Å². The molecule has 0 fully saturated rings. The summed E-state index contributed by atoms with van der Waals surface area (Å²) in [5.74, 6) is -0.984. The molecular weight excluding hydrogens is 278 g/mol. The zero-order chi connectivity index (χ0) is 15.4. The molecule has 110 valence electrons. The fourth-order valence-electron chi connectivity index (χ4n) is 2.01. The fourth-order valence-corrected chi connectivity index (χ4v) is 2.01. The summed E-state index contributed by atoms with van der Waals surface area (Å²) < 4.78 is 26.4. The molecule has 1 atom stereocenters. The minimum atomic E-state index is -0.653. The van der Waals surface area contributed by atoms with Crippen molar-refractivity contribution in [1.82, 2.24) is 5.32 Å². The summed E-state index contributed by atoms with van der Waals surface area (Å²) in [6.07, 6.45) is 0. The van der Waals surface area contributed by atoms with Crippen molar-refractivity contribution in [2.45, 2.75) is 19.5 Å². The number of benzene rings is 2. The van der Waals surface area contributed by atoms with E-state index in [1.165, 1.54) is 24.3 Å². The third kappa shape index (κ3) is 4.06. The van der Waals surface area contributed by atoms with Gasteiger partial charge in [0.2, 0.25) is 0 Å². The van der Waals surface area contributed by atoms with Gasteiger partial charge in [-0.2, -0.15) is 0 Å². The number of nitro benzene ring substituents is 1. The van der Waals surface area contributed by atoms with Crippen molar-refractivity contribution in [2.24, 2.45) is 0 Å². The van der Waals surface area contributed by atoms with Crippen LogP contribution in [0.4, 0.5) is 14.5 Å². The number of nitrogens with one attached hydrogen (secondary N) is 1. The molecule has 0 saturated carbocycles. The number of halogens is 2. The number of hydrogen-bond acceptors (Lipinski definition) is 3. The first-order valence-corrected chi connectivity index (χ1v) is 6.38. The van der Waals surface area contributed by atoms with Crippen molar-refractivity contribution in [1.29, 1.82) is 0 Å². The minimum absolute atomic E-state index is 0.164. The first-order chi connectivity index (χ1) is 9.95. The first kappa shape index (κ1) is 15.1. The Morgan fingerprint density at radius 3 is 2.62 bits per heavy atom. The summed E-state index contributed by atoms with van der Waals surface area (Å²) in [6, 6.07) is 9.40. The third-order valence-corrected chi connectivity index (χ3v) is 3.11. The van der Waals surface area contributed by atoms with Crippen LogP contribution in [0.5, 0.6) is 0 Å². The van der Waals surface area contributed by atoms with E-state index >= 15 is 0 Å². The maximum atomic E-state index is 13.3. The molecule has 1 unspecified atom stereocenters. The van der Waals surface area contributed by atoms with E-state index in [-0.39, 0.29) is 24.1 Å². The Morgan fingerprint density at radius 1 is 1.19 bits per heavy atom. The molecule has 0 amide bonds. The van der Waals surface area contributed by atoms with Gasteiger partial charge in [0.15, 0.2) is 0 Å². The van der Waals surface area contributed by atoms with Gasteiger partial charge in [-0.15, -0.1) is 0 Å². The molecule has 0 spiro atoms. The minimum Gasteiger partial charge on any atom is -0.306 e. The van der Waals surface area contributed by atoms with Crippen LogP contribution in [0.25, 0.3) is 0 Å². The van der Waals surface area contributed by atoms with Crippen LogP contribution in [-0.2, 0) is 6.54 Å². The fraction of sp³-hybridized carbons (Fsp3) is 0.200. The Kier molecular flexibility index (Phi) is 4.59. The second-order valence-electron chi connectivity index (χ2n) is 4.73. The quantitative estimate of drug-likeness (QED) is 0.675. The van der Waals surface area contributed by atoms with Crippen LogP contribution >= 0.6 is 0 Å². The van der Waals surface area contributed by atoms with Gasteiger partial charge in [-0.05, 0) is 36.2 Å². The second kappa shape index (κ2) is 6.41. The summed E-state index contributed by atoms with van der Waals surface area (Å²) in [4.78, 5) is 10.0. The standard InChI is InChI=1S/C15H14F2N2O2/c1-10(12-3-2-4-13(16)7-12)18-9-11-5-14(17)8-15(6-11)19(20)21/h2-8,10,18H,9H2,1H3. The lowest BCUT2D eigenvalue weighted by Gasteiger charge is -2.14. The van der Waals surface area contributed by atoms with Gasteiger partial charge in [0.25, 0.3) is 5.69 Å². The van der Waals surface area contributed by atoms with Crippen LogP contribution in [0.3, 0.4) is 0 Å². The van der Waals surface area contributed by atoms with E-state index in [2.05, 4.69) is 5.32 Å². The lowest BCUT2D eigenvalue weighted by Crippen LogP contribution is -2.18. The number of non-ortho nitro benzene ring substituents is 1. The summed E-state index contributed by atoms with van der Waals surface area (Å²) >= 11 is 0. The van der Waals surface area contributed by atoms with Gasteiger partial charge in [0.05, 0.1) is 11.0 Å². The molecular formula is C15H14F2N2O2. The smallest absolute Gasteiger partial charge is 0.272 e. The molecule has 2 aromatic rings. The molecule has 0 aliphatic rings. The van der Waals surface area contributed by atoms with Gasteiger partial charge < -0.3 is 5.32 Å². The lowest BCUT2D eigenvalue weighted by molar-refractivity contribution is -0.385. The zero-order valence-electron chi connectivity index (χ0n) is 11.3. The predicted octanol–water partition coefficient (Wildman–Crippen LogP) is 3.72. The van der Waals surface area contributed by atoms with Crippen molar-refractivity contribution in [3.63, 3.8) is 0 Å². The average molecular weight is 292 g/mol. The third-order valence-electron chi connectivity index (χ3n) is 3.11. The van der Waals surface area contributed by atoms with E-state index in [1.807, 2.05) is 6.92 Å². The first-order valence-electron chi connectivity index (χ1n) is 6.38. The molecule has 0 saturated heterocycles. The molecule has 0 aliphatic carbocycles. The summed E-state index contributed by atoms with van der Waals surface area (Å²) in [5, 5.41) is 13.8. The van der Waals surface area contributed by atoms with Crippen LogP contribution in [-0.4, -0.2) is 4.92 Å². The van der Waals surface area contributed by atoms with E-state index < -0.39 is 10.7 Å². The highest BCUT2D eigenvalue weighted by Crippen LogP contribution is 2.18. The van der Waals surface area contributed by atoms with Crippen LogP contribution in [0.15, 0.2) is 42.5 Å². The maximum Gasteiger partial charge on any atom is 0.272 e. The van der Waals surface area contributed by atoms with Gasteiger partial charge in [-0.3, -0.25) is 10.1 Å². The average Bonchev–Trinajstić information content (AvgIpc) is 2.44. The SMILES string of the molecule is CC(NCc1cc(F)cc([N+](=O)[O-])c1)c1cccc(F)c1. The van der Waals surface area contributed by atoms with Gasteiger partial charge in [0.1, 0.15) is 11.6 Å². The van der Waals surface area contributed by atoms with Crippen molar-refractivity contribution < 1.29 is 13.7 Å². The van der Waals surface area contributed by atoms with E-state index in [0.717, 1.165) is 11.6 Å². The van der Waals surface area contributed by atoms with Crippen LogP contribution in [0, 0.1) is 21.7 Å². The van der Waals surface area contributed by atoms with Gasteiger partial charge >= 0.3 is 0 Å². The Bertz CT molecular complexity index is 662. The molecule has 1 N–H and O–H groups in total. The van der Waals surface area contributed by atoms with Crippen molar-refractivity contribution in [2.75, 3.05) is 0 Å². The van der Waals surface area contributed by atoms with E-state index in [0.29, 0.717) is 5.56 Å². The molecule has 0 heterocycles. The highest BCUT2D eigenvalue weighted by atomic mass is 19.1. The molecule has 2 aromatic carbocycles. The number of nitro groups is 1. The molecule has 0 aromatic heterocycles. The molecule has 0 radical (unpaired) electrons. The van der Waals surface area contributed by atoms with E-state index in [1.54, 1.807) is 12.1 Å². The van der Waals surface area contributed by atoms with Crippen molar-refractivity contribution >= 4 is 5.69 Å². The van der Waals surface area contributed by atoms with Crippen LogP contribution in [0.1, 0.15) is 24.1 Å². The number of rotatable bonds is 5. The number of hydrogen-bond donors (Lipinski definition) is 1.